The highest BCUT2D eigenvalue weighted by molar-refractivity contribution is 7.89. The molecule has 0 aliphatic rings. The van der Waals surface area contributed by atoms with Crippen LogP contribution in [0.5, 0.6) is 0 Å². The molecule has 0 radical (unpaired) electrons. The molecule has 0 unspecified atom stereocenters. The van der Waals surface area contributed by atoms with Crippen LogP contribution in [-0.2, 0) is 10.0 Å². The van der Waals surface area contributed by atoms with Crippen LogP contribution in [0.2, 0.25) is 0 Å². The minimum Gasteiger partial charge on any atom is -0.332 e. The van der Waals surface area contributed by atoms with Gasteiger partial charge in [-0.1, -0.05) is 12.1 Å². The fourth-order valence-electron chi connectivity index (χ4n) is 2.15. The first kappa shape index (κ1) is 18.8. The van der Waals surface area contributed by atoms with Crippen molar-refractivity contribution in [2.45, 2.75) is 18.7 Å². The molecule has 25 heavy (non-hydrogen) atoms. The van der Waals surface area contributed by atoms with Gasteiger partial charge in [0.1, 0.15) is 0 Å². The number of sulfonamides is 1. The highest BCUT2D eigenvalue weighted by Gasteiger charge is 2.17. The fraction of sp³-hybridized carbons (Fsp3) is 0.133. The second-order valence-corrected chi connectivity index (χ2v) is 7.41. The van der Waals surface area contributed by atoms with Crippen LogP contribution in [-0.4, -0.2) is 18.5 Å². The number of nitrogens with zero attached hydrogens (tertiary/aromatic N) is 1. The van der Waals surface area contributed by atoms with E-state index in [0.29, 0.717) is 5.69 Å². The van der Waals surface area contributed by atoms with Crippen molar-refractivity contribution in [3.05, 3.63) is 63.7 Å². The molecule has 0 fully saturated rings. The normalized spacial score (nSPS) is 11.0. The first-order chi connectivity index (χ1) is 11.7. The summed E-state index contributed by atoms with van der Waals surface area (Å²) in [7, 11) is -4.01. The molecule has 0 amide bonds. The van der Waals surface area contributed by atoms with Crippen molar-refractivity contribution in [3.8, 4) is 0 Å². The van der Waals surface area contributed by atoms with E-state index in [9.17, 15) is 18.5 Å². The first-order valence-electron chi connectivity index (χ1n) is 7.09. The largest absolute Gasteiger partial charge is 0.332 e. The van der Waals surface area contributed by atoms with Crippen molar-refractivity contribution in [3.63, 3.8) is 0 Å². The Labute approximate surface area is 150 Å². The van der Waals surface area contributed by atoms with Crippen molar-refractivity contribution < 1.29 is 13.3 Å². The lowest BCUT2D eigenvalue weighted by molar-refractivity contribution is -0.385. The highest BCUT2D eigenvalue weighted by Crippen LogP contribution is 2.17. The van der Waals surface area contributed by atoms with E-state index < -0.39 is 14.9 Å². The predicted octanol–water partition coefficient (Wildman–Crippen LogP) is 2.39. The van der Waals surface area contributed by atoms with Gasteiger partial charge in [-0.2, -0.15) is 0 Å². The summed E-state index contributed by atoms with van der Waals surface area (Å²) in [6.07, 6.45) is 0. The average molecular weight is 380 g/mol. The molecule has 2 aromatic rings. The highest BCUT2D eigenvalue weighted by atomic mass is 32.2. The zero-order valence-corrected chi connectivity index (χ0v) is 15.1. The topological polar surface area (TPSA) is 113 Å². The van der Waals surface area contributed by atoms with E-state index in [0.717, 1.165) is 17.2 Å². The Kier molecular flexibility index (Phi) is 5.67. The summed E-state index contributed by atoms with van der Waals surface area (Å²) in [5.74, 6) is 0. The van der Waals surface area contributed by atoms with E-state index in [1.54, 1.807) is 0 Å². The van der Waals surface area contributed by atoms with Gasteiger partial charge in [-0.05, 0) is 55.4 Å². The summed E-state index contributed by atoms with van der Waals surface area (Å²) in [6, 6.07) is 10.4. The van der Waals surface area contributed by atoms with Crippen molar-refractivity contribution >= 4 is 38.7 Å². The number of anilines is 1. The second-order valence-electron chi connectivity index (χ2n) is 5.32. The number of nitro benzene ring substituents is 1. The Hall–Kier alpha value is -2.56. The third-order valence-electron chi connectivity index (χ3n) is 3.12. The van der Waals surface area contributed by atoms with Crippen molar-refractivity contribution in [1.29, 1.82) is 0 Å². The SMILES string of the molecule is Cc1cc(C)cc(NC(=S)NNS(=O)(=O)c2cccc([N+](=O)[O-])c2)c1. The van der Waals surface area contributed by atoms with Crippen molar-refractivity contribution in [2.24, 2.45) is 0 Å². The average Bonchev–Trinajstić information content (AvgIpc) is 2.52. The van der Waals surface area contributed by atoms with Crippen LogP contribution in [0.3, 0.4) is 0 Å². The number of hydrogen-bond acceptors (Lipinski definition) is 5. The van der Waals surface area contributed by atoms with E-state index in [4.69, 9.17) is 12.2 Å². The zero-order valence-electron chi connectivity index (χ0n) is 13.4. The van der Waals surface area contributed by atoms with E-state index in [-0.39, 0.29) is 15.7 Å². The van der Waals surface area contributed by atoms with Crippen LogP contribution >= 0.6 is 12.2 Å². The van der Waals surface area contributed by atoms with Crippen LogP contribution < -0.4 is 15.6 Å². The quantitative estimate of drug-likeness (QED) is 0.415. The molecule has 0 aliphatic carbocycles. The van der Waals surface area contributed by atoms with Gasteiger partial charge in [0, 0.05) is 17.8 Å². The van der Waals surface area contributed by atoms with Crippen LogP contribution in [0.4, 0.5) is 11.4 Å². The molecular weight excluding hydrogens is 364 g/mol. The van der Waals surface area contributed by atoms with Gasteiger partial charge in [-0.25, -0.2) is 8.42 Å². The summed E-state index contributed by atoms with van der Waals surface area (Å²) in [5, 5.41) is 13.7. The Morgan fingerprint density at radius 1 is 1.12 bits per heavy atom. The number of hydrogen-bond donors (Lipinski definition) is 3. The Balaban J connectivity index is 2.05. The number of non-ortho nitro benzene ring substituents is 1. The number of hydrazine groups is 1. The van der Waals surface area contributed by atoms with Crippen LogP contribution in [0.15, 0.2) is 47.4 Å². The molecule has 10 heteroatoms. The van der Waals surface area contributed by atoms with Crippen LogP contribution in [0.25, 0.3) is 0 Å². The number of nitro groups is 1. The molecule has 3 N–H and O–H groups in total. The minimum atomic E-state index is -4.01. The summed E-state index contributed by atoms with van der Waals surface area (Å²) < 4.78 is 24.4. The maximum absolute atomic E-state index is 12.2. The zero-order chi connectivity index (χ0) is 18.6. The fourth-order valence-corrected chi connectivity index (χ4v) is 3.27. The molecule has 0 spiro atoms. The standard InChI is InChI=1S/C15H16N4O4S2/c1-10-6-11(2)8-12(7-10)16-15(24)17-18-25(22,23)14-5-3-4-13(9-14)19(20)21/h3-9,18H,1-2H3,(H2,16,17,24). The molecule has 0 heterocycles. The molecule has 0 bridgehead atoms. The van der Waals surface area contributed by atoms with Crippen LogP contribution in [0, 0.1) is 24.0 Å². The molecular formula is C15H16N4O4S2. The summed E-state index contributed by atoms with van der Waals surface area (Å²) in [5.41, 5.74) is 4.82. The van der Waals surface area contributed by atoms with Gasteiger partial charge in [0.2, 0.25) is 0 Å². The van der Waals surface area contributed by atoms with Gasteiger partial charge < -0.3 is 5.32 Å². The summed E-state index contributed by atoms with van der Waals surface area (Å²) in [4.78, 5) is 11.9. The minimum absolute atomic E-state index is 0.0407. The van der Waals surface area contributed by atoms with Gasteiger partial charge in [-0.3, -0.25) is 15.5 Å². The van der Waals surface area contributed by atoms with Gasteiger partial charge in [0.05, 0.1) is 9.82 Å². The van der Waals surface area contributed by atoms with Crippen molar-refractivity contribution in [2.75, 3.05) is 5.32 Å². The van der Waals surface area contributed by atoms with Gasteiger partial charge in [0.15, 0.2) is 5.11 Å². The van der Waals surface area contributed by atoms with Gasteiger partial charge in [0.25, 0.3) is 15.7 Å². The van der Waals surface area contributed by atoms with E-state index in [2.05, 4.69) is 15.6 Å². The Morgan fingerprint density at radius 2 is 1.76 bits per heavy atom. The maximum Gasteiger partial charge on any atom is 0.270 e. The molecule has 0 aliphatic heterocycles. The van der Waals surface area contributed by atoms with E-state index >= 15 is 0 Å². The number of nitrogens with one attached hydrogen (secondary N) is 3. The van der Waals surface area contributed by atoms with Crippen molar-refractivity contribution in [1.82, 2.24) is 10.3 Å². The molecule has 2 aromatic carbocycles. The molecule has 0 saturated heterocycles. The third-order valence-corrected chi connectivity index (χ3v) is 4.57. The summed E-state index contributed by atoms with van der Waals surface area (Å²) >= 11 is 5.05. The summed E-state index contributed by atoms with van der Waals surface area (Å²) in [6.45, 7) is 3.86. The first-order valence-corrected chi connectivity index (χ1v) is 8.98. The van der Waals surface area contributed by atoms with Crippen LogP contribution in [0.1, 0.15) is 11.1 Å². The lowest BCUT2D eigenvalue weighted by Crippen LogP contribution is -2.43. The number of aryl methyl sites for hydroxylation is 2. The van der Waals surface area contributed by atoms with Gasteiger partial charge >= 0.3 is 0 Å². The molecule has 0 saturated carbocycles. The Bertz CT molecular complexity index is 909. The monoisotopic (exact) mass is 380 g/mol. The second kappa shape index (κ2) is 7.55. The number of benzene rings is 2. The molecule has 132 valence electrons. The predicted molar refractivity (Wildman–Crippen MR) is 98.7 cm³/mol. The molecule has 2 rings (SSSR count). The lowest BCUT2D eigenvalue weighted by atomic mass is 10.1. The van der Waals surface area contributed by atoms with Gasteiger partial charge in [-0.15, -0.1) is 4.83 Å². The molecule has 0 atom stereocenters. The molecule has 8 nitrogen and oxygen atoms in total. The lowest BCUT2D eigenvalue weighted by Gasteiger charge is -2.13. The maximum atomic E-state index is 12.2. The third kappa shape index (κ3) is 5.21. The number of thiocarbonyl (C=S) groups is 1. The smallest absolute Gasteiger partial charge is 0.270 e. The molecule has 0 aromatic heterocycles. The van der Waals surface area contributed by atoms with E-state index in [1.807, 2.05) is 32.0 Å². The Morgan fingerprint density at radius 3 is 2.36 bits per heavy atom. The number of rotatable bonds is 5. The van der Waals surface area contributed by atoms with E-state index in [1.165, 1.54) is 18.2 Å².